The van der Waals surface area contributed by atoms with Gasteiger partial charge in [-0.05, 0) is 29.5 Å². The van der Waals surface area contributed by atoms with Crippen molar-refractivity contribution in [3.8, 4) is 0 Å². The van der Waals surface area contributed by atoms with E-state index < -0.39 is 6.04 Å². The summed E-state index contributed by atoms with van der Waals surface area (Å²) in [6, 6.07) is 17.8. The molecular weight excluding hydrogens is 248 g/mol. The van der Waals surface area contributed by atoms with Crippen LogP contribution < -0.4 is 11.1 Å². The van der Waals surface area contributed by atoms with Crippen LogP contribution in [0, 0.1) is 0 Å². The van der Waals surface area contributed by atoms with E-state index in [1.165, 1.54) is 11.1 Å². The highest BCUT2D eigenvalue weighted by molar-refractivity contribution is 5.81. The van der Waals surface area contributed by atoms with Crippen LogP contribution in [-0.4, -0.2) is 5.91 Å². The number of carbonyl (C=O) groups is 1. The molecule has 0 saturated carbocycles. The third-order valence-electron chi connectivity index (χ3n) is 3.92. The fourth-order valence-electron chi connectivity index (χ4n) is 2.92. The molecule has 102 valence electrons. The van der Waals surface area contributed by atoms with E-state index in [4.69, 9.17) is 5.73 Å². The summed E-state index contributed by atoms with van der Waals surface area (Å²) < 4.78 is 0. The zero-order valence-corrected chi connectivity index (χ0v) is 11.3. The minimum absolute atomic E-state index is 0.198. The summed E-state index contributed by atoms with van der Waals surface area (Å²) in [5, 5.41) is 3.41. The van der Waals surface area contributed by atoms with E-state index in [0.29, 0.717) is 0 Å². The van der Waals surface area contributed by atoms with Crippen molar-refractivity contribution >= 4 is 5.91 Å². The molecule has 2 aromatic carbocycles. The van der Waals surface area contributed by atoms with Crippen molar-refractivity contribution in [1.82, 2.24) is 5.32 Å². The number of nitrogens with two attached hydrogens (primary N) is 1. The average Bonchev–Trinajstić information content (AvgIpc) is 2.88. The lowest BCUT2D eigenvalue weighted by atomic mass is 10.0. The molecule has 1 aliphatic carbocycles. The Bertz CT molecular complexity index is 609. The van der Waals surface area contributed by atoms with Crippen molar-refractivity contribution in [2.45, 2.75) is 24.9 Å². The summed E-state index contributed by atoms with van der Waals surface area (Å²) in [7, 11) is 0. The van der Waals surface area contributed by atoms with Crippen LogP contribution in [0.4, 0.5) is 0 Å². The molecule has 0 saturated heterocycles. The lowest BCUT2D eigenvalue weighted by molar-refractivity contribution is -0.120. The second kappa shape index (κ2) is 5.47. The Morgan fingerprint density at radius 1 is 1.10 bits per heavy atom. The van der Waals surface area contributed by atoms with Crippen molar-refractivity contribution < 1.29 is 4.79 Å². The second-order valence-electron chi connectivity index (χ2n) is 5.20. The number of benzene rings is 2. The summed E-state index contributed by atoms with van der Waals surface area (Å²) >= 11 is 0. The molecule has 1 aliphatic rings. The summed E-state index contributed by atoms with van der Waals surface area (Å²) in [6.45, 7) is 0. The highest BCUT2D eigenvalue weighted by Gasteiger charge is 2.27. The number of amides is 1. The topological polar surface area (TPSA) is 55.1 Å². The van der Waals surface area contributed by atoms with Crippen molar-refractivity contribution in [2.24, 2.45) is 5.73 Å². The van der Waals surface area contributed by atoms with E-state index >= 15 is 0 Å². The minimum Gasteiger partial charge on any atom is -0.368 e. The highest BCUT2D eigenvalue weighted by Crippen LogP contribution is 2.32. The van der Waals surface area contributed by atoms with Gasteiger partial charge in [-0.2, -0.15) is 0 Å². The Morgan fingerprint density at radius 3 is 2.55 bits per heavy atom. The maximum atomic E-state index is 11.8. The van der Waals surface area contributed by atoms with Gasteiger partial charge in [-0.15, -0.1) is 0 Å². The molecule has 0 bridgehead atoms. The standard InChI is InChI=1S/C17H18N2O/c18-17(20)16(13-7-2-1-3-8-13)19-15-11-10-12-6-4-5-9-14(12)15/h1-9,15-16,19H,10-11H2,(H2,18,20)/t15-,16-/m0/s1. The monoisotopic (exact) mass is 266 g/mol. The third kappa shape index (κ3) is 2.45. The molecule has 20 heavy (non-hydrogen) atoms. The molecule has 0 aliphatic heterocycles. The van der Waals surface area contributed by atoms with Gasteiger partial charge in [-0.3, -0.25) is 10.1 Å². The molecule has 0 unspecified atom stereocenters. The maximum absolute atomic E-state index is 11.8. The first-order chi connectivity index (χ1) is 9.75. The van der Waals surface area contributed by atoms with Crippen LogP contribution in [0.5, 0.6) is 0 Å². The molecule has 0 heterocycles. The quantitative estimate of drug-likeness (QED) is 0.893. The van der Waals surface area contributed by atoms with Gasteiger partial charge < -0.3 is 5.73 Å². The Morgan fingerprint density at radius 2 is 1.80 bits per heavy atom. The molecule has 0 spiro atoms. The number of hydrogen-bond donors (Lipinski definition) is 2. The van der Waals surface area contributed by atoms with Gasteiger partial charge >= 0.3 is 0 Å². The lowest BCUT2D eigenvalue weighted by Crippen LogP contribution is -2.35. The number of carbonyl (C=O) groups excluding carboxylic acids is 1. The lowest BCUT2D eigenvalue weighted by Gasteiger charge is -2.21. The van der Waals surface area contributed by atoms with E-state index in [9.17, 15) is 4.79 Å². The van der Waals surface area contributed by atoms with Crippen LogP contribution >= 0.6 is 0 Å². The van der Waals surface area contributed by atoms with Gasteiger partial charge in [0.05, 0.1) is 0 Å². The number of aryl methyl sites for hydroxylation is 1. The molecule has 0 radical (unpaired) electrons. The molecule has 2 atom stereocenters. The molecular formula is C17H18N2O. The molecule has 2 aromatic rings. The van der Waals surface area contributed by atoms with Gasteiger partial charge in [0.25, 0.3) is 0 Å². The van der Waals surface area contributed by atoms with Crippen molar-refractivity contribution in [3.63, 3.8) is 0 Å². The normalized spacial score (nSPS) is 18.5. The van der Waals surface area contributed by atoms with Gasteiger partial charge in [0.15, 0.2) is 0 Å². The summed E-state index contributed by atoms with van der Waals surface area (Å²) in [5.74, 6) is -0.333. The van der Waals surface area contributed by atoms with Gasteiger partial charge in [0, 0.05) is 6.04 Å². The Balaban J connectivity index is 1.84. The van der Waals surface area contributed by atoms with Crippen LogP contribution in [0.1, 0.15) is 35.2 Å². The van der Waals surface area contributed by atoms with Crippen LogP contribution in [-0.2, 0) is 11.2 Å². The zero-order chi connectivity index (χ0) is 13.9. The highest BCUT2D eigenvalue weighted by atomic mass is 16.1. The first-order valence-electron chi connectivity index (χ1n) is 6.94. The Labute approximate surface area is 118 Å². The number of rotatable bonds is 4. The van der Waals surface area contributed by atoms with Gasteiger partial charge in [-0.25, -0.2) is 0 Å². The van der Waals surface area contributed by atoms with Gasteiger partial charge in [0.2, 0.25) is 5.91 Å². The van der Waals surface area contributed by atoms with E-state index in [1.807, 2.05) is 36.4 Å². The fraction of sp³-hybridized carbons (Fsp3) is 0.235. The third-order valence-corrected chi connectivity index (χ3v) is 3.92. The van der Waals surface area contributed by atoms with Gasteiger partial charge in [0.1, 0.15) is 6.04 Å². The molecule has 0 aromatic heterocycles. The summed E-state index contributed by atoms with van der Waals surface area (Å²) in [6.07, 6.45) is 2.06. The van der Waals surface area contributed by atoms with Gasteiger partial charge in [-0.1, -0.05) is 54.6 Å². The van der Waals surface area contributed by atoms with E-state index in [0.717, 1.165) is 18.4 Å². The smallest absolute Gasteiger partial charge is 0.239 e. The first kappa shape index (κ1) is 12.9. The minimum atomic E-state index is -0.438. The van der Waals surface area contributed by atoms with Crippen LogP contribution in [0.15, 0.2) is 54.6 Å². The van der Waals surface area contributed by atoms with E-state index in [-0.39, 0.29) is 11.9 Å². The fourth-order valence-corrected chi connectivity index (χ4v) is 2.92. The van der Waals surface area contributed by atoms with Crippen molar-refractivity contribution in [2.75, 3.05) is 0 Å². The van der Waals surface area contributed by atoms with Crippen molar-refractivity contribution in [1.29, 1.82) is 0 Å². The largest absolute Gasteiger partial charge is 0.368 e. The predicted molar refractivity (Wildman–Crippen MR) is 79.0 cm³/mol. The second-order valence-corrected chi connectivity index (χ2v) is 5.20. The molecule has 3 nitrogen and oxygen atoms in total. The van der Waals surface area contributed by atoms with E-state index in [1.54, 1.807) is 0 Å². The SMILES string of the molecule is NC(=O)[C@@H](N[C@H]1CCc2ccccc21)c1ccccc1. The van der Waals surface area contributed by atoms with Crippen molar-refractivity contribution in [3.05, 3.63) is 71.3 Å². The molecule has 3 heteroatoms. The Kier molecular flexibility index (Phi) is 3.52. The number of fused-ring (bicyclic) bond motifs is 1. The Hall–Kier alpha value is -2.13. The molecule has 0 fully saturated rings. The maximum Gasteiger partial charge on any atom is 0.239 e. The zero-order valence-electron chi connectivity index (χ0n) is 11.3. The number of primary amides is 1. The van der Waals surface area contributed by atoms with Crippen LogP contribution in [0.2, 0.25) is 0 Å². The molecule has 1 amide bonds. The number of nitrogens with one attached hydrogen (secondary N) is 1. The predicted octanol–water partition coefficient (Wildman–Crippen LogP) is 2.49. The van der Waals surface area contributed by atoms with Crippen LogP contribution in [0.25, 0.3) is 0 Å². The molecule has 3 rings (SSSR count). The van der Waals surface area contributed by atoms with Crippen LogP contribution in [0.3, 0.4) is 0 Å². The average molecular weight is 266 g/mol. The molecule has 3 N–H and O–H groups in total. The number of hydrogen-bond acceptors (Lipinski definition) is 2. The van der Waals surface area contributed by atoms with E-state index in [2.05, 4.69) is 23.5 Å². The summed E-state index contributed by atoms with van der Waals surface area (Å²) in [5.41, 5.74) is 9.14. The first-order valence-corrected chi connectivity index (χ1v) is 6.94. The summed E-state index contributed by atoms with van der Waals surface area (Å²) in [4.78, 5) is 11.8.